The topological polar surface area (TPSA) is 97.6 Å². The SMILES string of the molecule is CCC(c1ccc(C(F)F)cc1CN(Cc1cc(C(F)(F)F)cc(C(F)(F)F)c1)/C(N)=N/N(C)N)N1CCN([C@@H]2CCCCC2O)CC1.CF. The van der Waals surface area contributed by atoms with Crippen molar-refractivity contribution in [2.24, 2.45) is 16.7 Å². The molecule has 1 aliphatic heterocycles. The van der Waals surface area contributed by atoms with Gasteiger partial charge in [-0.25, -0.2) is 19.7 Å². The normalized spacial score (nSPS) is 20.3. The van der Waals surface area contributed by atoms with Gasteiger partial charge >= 0.3 is 12.4 Å². The van der Waals surface area contributed by atoms with Crippen LogP contribution in [0.3, 0.4) is 0 Å². The third kappa shape index (κ3) is 10.9. The molecule has 2 unspecified atom stereocenters. The van der Waals surface area contributed by atoms with Gasteiger partial charge in [-0.2, -0.15) is 26.3 Å². The van der Waals surface area contributed by atoms with E-state index in [1.165, 1.54) is 24.1 Å². The first kappa shape index (κ1) is 41.1. The van der Waals surface area contributed by atoms with E-state index in [9.17, 15) is 44.6 Å². The fraction of sp³-hybridized carbons (Fsp3) is 0.606. The number of rotatable bonds is 10. The van der Waals surface area contributed by atoms with Crippen LogP contribution < -0.4 is 11.6 Å². The summed E-state index contributed by atoms with van der Waals surface area (Å²) in [5, 5.41) is 15.3. The van der Waals surface area contributed by atoms with Gasteiger partial charge in [0.05, 0.1) is 24.4 Å². The molecule has 5 N–H and O–H groups in total. The number of guanidine groups is 1. The van der Waals surface area contributed by atoms with E-state index in [4.69, 9.17) is 11.6 Å². The smallest absolute Gasteiger partial charge is 0.391 e. The zero-order chi connectivity index (χ0) is 37.4. The number of alkyl halides is 9. The molecule has 282 valence electrons. The molecule has 8 nitrogen and oxygen atoms in total. The van der Waals surface area contributed by atoms with Crippen molar-refractivity contribution in [3.8, 4) is 0 Å². The highest BCUT2D eigenvalue weighted by molar-refractivity contribution is 5.78. The number of hydrogen-bond donors (Lipinski definition) is 3. The molecule has 2 fully saturated rings. The lowest BCUT2D eigenvalue weighted by Crippen LogP contribution is -2.55. The summed E-state index contributed by atoms with van der Waals surface area (Å²) in [6, 6.07) is 5.26. The number of hydrogen-bond acceptors (Lipinski definition) is 6. The number of hydrazone groups is 1. The molecule has 1 aliphatic carbocycles. The first-order chi connectivity index (χ1) is 23.5. The average Bonchev–Trinajstić information content (AvgIpc) is 3.05. The van der Waals surface area contributed by atoms with Gasteiger partial charge in [-0.15, -0.1) is 5.10 Å². The molecule has 1 saturated heterocycles. The number of nitrogens with zero attached hydrogens (tertiary/aromatic N) is 5. The number of halogens is 9. The average molecular weight is 728 g/mol. The summed E-state index contributed by atoms with van der Waals surface area (Å²) in [6.07, 6.45) is -9.02. The van der Waals surface area contributed by atoms with Crippen molar-refractivity contribution < 1.29 is 44.6 Å². The van der Waals surface area contributed by atoms with E-state index < -0.39 is 36.4 Å². The molecule has 0 radical (unpaired) electrons. The minimum absolute atomic E-state index is 0.0315. The fourth-order valence-electron chi connectivity index (χ4n) is 6.78. The van der Waals surface area contributed by atoms with Gasteiger partial charge in [0.1, 0.15) is 0 Å². The predicted octanol–water partition coefficient (Wildman–Crippen LogP) is 6.66. The Morgan fingerprint density at radius 2 is 1.50 bits per heavy atom. The largest absolute Gasteiger partial charge is 0.416 e. The van der Waals surface area contributed by atoms with Gasteiger partial charge in [0, 0.05) is 64.0 Å². The van der Waals surface area contributed by atoms with Crippen molar-refractivity contribution in [2.45, 2.75) is 89.1 Å². The molecule has 0 bridgehead atoms. The van der Waals surface area contributed by atoms with E-state index >= 15 is 0 Å². The maximum absolute atomic E-state index is 14.0. The number of aliphatic hydroxyl groups is 1. The van der Waals surface area contributed by atoms with Crippen LogP contribution in [-0.4, -0.2) is 83.4 Å². The van der Waals surface area contributed by atoms with E-state index in [0.717, 1.165) is 30.8 Å². The second-order valence-corrected chi connectivity index (χ2v) is 12.5. The highest BCUT2D eigenvalue weighted by Gasteiger charge is 2.37. The summed E-state index contributed by atoms with van der Waals surface area (Å²) in [5.41, 5.74) is 3.57. The fourth-order valence-corrected chi connectivity index (χ4v) is 6.78. The van der Waals surface area contributed by atoms with Crippen LogP contribution in [0.5, 0.6) is 0 Å². The van der Waals surface area contributed by atoms with Crippen molar-refractivity contribution in [3.05, 3.63) is 69.8 Å². The molecule has 1 saturated carbocycles. The number of benzene rings is 2. The van der Waals surface area contributed by atoms with Gasteiger partial charge in [0.25, 0.3) is 6.43 Å². The van der Waals surface area contributed by atoms with Crippen molar-refractivity contribution in [1.29, 1.82) is 0 Å². The van der Waals surface area contributed by atoms with Gasteiger partial charge < -0.3 is 15.7 Å². The minimum atomic E-state index is -5.07. The Labute approximate surface area is 286 Å². The van der Waals surface area contributed by atoms with E-state index in [-0.39, 0.29) is 47.9 Å². The lowest BCUT2D eigenvalue weighted by atomic mass is 9.90. The van der Waals surface area contributed by atoms with Gasteiger partial charge in [0.15, 0.2) is 0 Å². The van der Waals surface area contributed by atoms with Gasteiger partial charge in [-0.05, 0) is 60.2 Å². The zero-order valence-electron chi connectivity index (χ0n) is 28.3. The van der Waals surface area contributed by atoms with Crippen LogP contribution in [0, 0.1) is 0 Å². The van der Waals surface area contributed by atoms with Gasteiger partial charge in [0.2, 0.25) is 5.96 Å². The summed E-state index contributed by atoms with van der Waals surface area (Å²) in [7, 11) is 1.82. The van der Waals surface area contributed by atoms with E-state index in [2.05, 4.69) is 14.9 Å². The first-order valence-corrected chi connectivity index (χ1v) is 16.3. The zero-order valence-corrected chi connectivity index (χ0v) is 28.3. The lowest BCUT2D eigenvalue weighted by Gasteiger charge is -2.45. The molecule has 1 heterocycles. The molecular weight excluding hydrogens is 681 g/mol. The van der Waals surface area contributed by atoms with Crippen LogP contribution in [0.1, 0.15) is 84.9 Å². The number of aliphatic hydroxyl groups excluding tert-OH is 1. The Balaban J connectivity index is 0.00000332. The summed E-state index contributed by atoms with van der Waals surface area (Å²) in [5.74, 6) is 5.29. The molecule has 2 aromatic carbocycles. The molecule has 3 atom stereocenters. The monoisotopic (exact) mass is 727 g/mol. The first-order valence-electron chi connectivity index (χ1n) is 16.3. The van der Waals surface area contributed by atoms with Crippen LogP contribution in [0.4, 0.5) is 39.5 Å². The molecule has 4 rings (SSSR count). The van der Waals surface area contributed by atoms with Crippen LogP contribution >= 0.6 is 0 Å². The summed E-state index contributed by atoms with van der Waals surface area (Å²) < 4.78 is 119. The van der Waals surface area contributed by atoms with Gasteiger partial charge in [-0.3, -0.25) is 14.2 Å². The summed E-state index contributed by atoms with van der Waals surface area (Å²) >= 11 is 0. The third-order valence-electron chi connectivity index (χ3n) is 9.08. The highest BCUT2D eigenvalue weighted by Crippen LogP contribution is 2.37. The molecule has 17 heteroatoms. The molecular formula is C33H46F9N7O. The Morgan fingerprint density at radius 1 is 0.920 bits per heavy atom. The molecule has 2 aliphatic rings. The highest BCUT2D eigenvalue weighted by atomic mass is 19.4. The van der Waals surface area contributed by atoms with Gasteiger partial charge in [-0.1, -0.05) is 31.9 Å². The summed E-state index contributed by atoms with van der Waals surface area (Å²) in [4.78, 5) is 5.73. The van der Waals surface area contributed by atoms with Crippen LogP contribution in [-0.2, 0) is 25.4 Å². The number of hydrazine groups is 1. The van der Waals surface area contributed by atoms with Crippen molar-refractivity contribution in [2.75, 3.05) is 40.4 Å². The third-order valence-corrected chi connectivity index (χ3v) is 9.08. The van der Waals surface area contributed by atoms with E-state index in [1.807, 2.05) is 6.92 Å². The van der Waals surface area contributed by atoms with E-state index in [0.29, 0.717) is 63.0 Å². The second kappa shape index (κ2) is 17.8. The molecule has 50 heavy (non-hydrogen) atoms. The molecule has 0 amide bonds. The van der Waals surface area contributed by atoms with Crippen molar-refractivity contribution >= 4 is 5.96 Å². The minimum Gasteiger partial charge on any atom is -0.391 e. The molecule has 0 aromatic heterocycles. The Morgan fingerprint density at radius 3 is 2.00 bits per heavy atom. The van der Waals surface area contributed by atoms with Crippen LogP contribution in [0.25, 0.3) is 0 Å². The Hall–Kier alpha value is -3.28. The van der Waals surface area contributed by atoms with Crippen LogP contribution in [0.15, 0.2) is 41.5 Å². The number of piperazine rings is 1. The van der Waals surface area contributed by atoms with Crippen molar-refractivity contribution in [3.63, 3.8) is 0 Å². The summed E-state index contributed by atoms with van der Waals surface area (Å²) in [6.45, 7) is 3.82. The Kier molecular flexibility index (Phi) is 14.6. The quantitative estimate of drug-likeness (QED) is 0.0829. The Bertz CT molecular complexity index is 1360. The standard InChI is InChI=1S/C32H43F8N7O.CH3F/c1-3-26(45-10-12-46(13-11-45)27-6-4-5-7-28(27)48)25-9-8-21(29(33)34)16-22(25)19-47(30(41)43-44(2)42)18-20-14-23(31(35,36)37)17-24(15-20)32(38,39)40;1-2/h8-9,14-17,26-29,48H,3-7,10-13,18-19,42H2,1-2H3,(H2,41,43);1H3/t26?,27-,28?;/m1./s1. The second-order valence-electron chi connectivity index (χ2n) is 12.5. The van der Waals surface area contributed by atoms with Crippen LogP contribution in [0.2, 0.25) is 0 Å². The van der Waals surface area contributed by atoms with Crippen molar-refractivity contribution in [1.82, 2.24) is 19.8 Å². The number of nitrogens with two attached hydrogens (primary N) is 2. The molecule has 0 spiro atoms. The predicted molar refractivity (Wildman–Crippen MR) is 172 cm³/mol. The maximum Gasteiger partial charge on any atom is 0.416 e. The lowest BCUT2D eigenvalue weighted by molar-refractivity contribution is -0.143. The maximum atomic E-state index is 14.0. The van der Waals surface area contributed by atoms with E-state index in [1.54, 1.807) is 6.07 Å². The molecule has 2 aromatic rings.